The van der Waals surface area contributed by atoms with E-state index in [1.807, 2.05) is 0 Å². The Labute approximate surface area is 120 Å². The number of fused-ring (bicyclic) bond motifs is 2. The third kappa shape index (κ3) is 2.58. The maximum absolute atomic E-state index is 3.96. The molecule has 2 rings (SSSR count). The van der Waals surface area contributed by atoms with Gasteiger partial charge in [0.25, 0.3) is 0 Å². The lowest BCUT2D eigenvalue weighted by Gasteiger charge is -2.44. The molecular formula is C17H34N2. The molecule has 2 fully saturated rings. The van der Waals surface area contributed by atoms with Crippen molar-refractivity contribution >= 4 is 0 Å². The second-order valence-electron chi connectivity index (χ2n) is 8.53. The van der Waals surface area contributed by atoms with Crippen LogP contribution in [0.5, 0.6) is 0 Å². The van der Waals surface area contributed by atoms with Crippen LogP contribution in [-0.2, 0) is 0 Å². The molecule has 0 aromatic rings. The van der Waals surface area contributed by atoms with E-state index in [4.69, 9.17) is 0 Å². The van der Waals surface area contributed by atoms with E-state index in [0.29, 0.717) is 28.8 Å². The Morgan fingerprint density at radius 3 is 2.26 bits per heavy atom. The van der Waals surface area contributed by atoms with Crippen molar-refractivity contribution in [2.24, 2.45) is 22.7 Å². The molecule has 2 aliphatic carbocycles. The zero-order valence-corrected chi connectivity index (χ0v) is 14.1. The number of hydrogen-bond donors (Lipinski definition) is 1. The van der Waals surface area contributed by atoms with E-state index in [1.165, 1.54) is 19.3 Å². The van der Waals surface area contributed by atoms with E-state index in [0.717, 1.165) is 12.5 Å². The summed E-state index contributed by atoms with van der Waals surface area (Å²) in [4.78, 5) is 2.38. The smallest absolute Gasteiger partial charge is 0.0237 e. The number of likely N-dealkylation sites (N-methyl/N-ethyl adjacent to an activating group) is 1. The van der Waals surface area contributed by atoms with Crippen LogP contribution in [0.15, 0.2) is 0 Å². The lowest BCUT2D eigenvalue weighted by atomic mass is 9.68. The SMILES string of the molecule is CC(C)C(CNC1C2(C)CCC(C2)C1(C)C)N(C)C. The molecule has 0 radical (unpaired) electrons. The van der Waals surface area contributed by atoms with Gasteiger partial charge in [0.1, 0.15) is 0 Å². The Balaban J connectivity index is 2.03. The summed E-state index contributed by atoms with van der Waals surface area (Å²) in [7, 11) is 4.42. The molecule has 2 heteroatoms. The summed E-state index contributed by atoms with van der Waals surface area (Å²) in [6, 6.07) is 1.33. The number of nitrogens with one attached hydrogen (secondary N) is 1. The maximum atomic E-state index is 3.96. The molecule has 0 amide bonds. The summed E-state index contributed by atoms with van der Waals surface area (Å²) in [6.45, 7) is 13.3. The van der Waals surface area contributed by atoms with Crippen molar-refractivity contribution in [1.82, 2.24) is 10.2 Å². The molecule has 0 aromatic heterocycles. The Morgan fingerprint density at radius 1 is 1.21 bits per heavy atom. The van der Waals surface area contributed by atoms with E-state index in [1.54, 1.807) is 0 Å². The number of hydrogen-bond acceptors (Lipinski definition) is 2. The fourth-order valence-electron chi connectivity index (χ4n) is 5.06. The molecule has 4 atom stereocenters. The minimum atomic E-state index is 0.473. The molecule has 19 heavy (non-hydrogen) atoms. The molecule has 0 aliphatic heterocycles. The molecule has 2 saturated carbocycles. The zero-order valence-electron chi connectivity index (χ0n) is 14.1. The standard InChI is InChI=1S/C17H34N2/c1-12(2)14(19(6)7)11-18-15-16(3,4)13-8-9-17(15,5)10-13/h12-15,18H,8-11H2,1-7H3. The molecule has 2 aliphatic rings. The zero-order chi connectivity index (χ0) is 14.4. The van der Waals surface area contributed by atoms with Gasteiger partial charge in [-0.3, -0.25) is 0 Å². The molecule has 2 nitrogen and oxygen atoms in total. The van der Waals surface area contributed by atoms with Crippen molar-refractivity contribution in [2.45, 2.75) is 66.0 Å². The number of rotatable bonds is 5. The summed E-state index contributed by atoms with van der Waals surface area (Å²) in [5, 5.41) is 3.96. The van der Waals surface area contributed by atoms with E-state index in [9.17, 15) is 0 Å². The summed E-state index contributed by atoms with van der Waals surface area (Å²) < 4.78 is 0. The first kappa shape index (κ1) is 15.3. The van der Waals surface area contributed by atoms with Gasteiger partial charge in [0, 0.05) is 18.6 Å². The predicted octanol–water partition coefficient (Wildman–Crippen LogP) is 3.38. The van der Waals surface area contributed by atoms with Gasteiger partial charge in [-0.15, -0.1) is 0 Å². The molecule has 0 saturated heterocycles. The molecule has 0 spiro atoms. The second kappa shape index (κ2) is 5.04. The van der Waals surface area contributed by atoms with Gasteiger partial charge < -0.3 is 10.2 Å². The third-order valence-corrected chi connectivity index (χ3v) is 6.23. The van der Waals surface area contributed by atoms with Crippen molar-refractivity contribution in [2.75, 3.05) is 20.6 Å². The van der Waals surface area contributed by atoms with Gasteiger partial charge >= 0.3 is 0 Å². The fraction of sp³-hybridized carbons (Fsp3) is 1.00. The topological polar surface area (TPSA) is 15.3 Å². The normalized spacial score (nSPS) is 38.4. The van der Waals surface area contributed by atoms with Crippen molar-refractivity contribution in [1.29, 1.82) is 0 Å². The van der Waals surface area contributed by atoms with Crippen LogP contribution in [0.25, 0.3) is 0 Å². The van der Waals surface area contributed by atoms with Crippen LogP contribution in [0.4, 0.5) is 0 Å². The fourth-order valence-corrected chi connectivity index (χ4v) is 5.06. The third-order valence-electron chi connectivity index (χ3n) is 6.23. The Morgan fingerprint density at radius 2 is 1.84 bits per heavy atom. The molecule has 2 bridgehead atoms. The highest BCUT2D eigenvalue weighted by atomic mass is 15.1. The quantitative estimate of drug-likeness (QED) is 0.820. The average molecular weight is 266 g/mol. The second-order valence-corrected chi connectivity index (χ2v) is 8.53. The summed E-state index contributed by atoms with van der Waals surface area (Å²) in [5.41, 5.74) is 1.02. The monoisotopic (exact) mass is 266 g/mol. The Bertz CT molecular complexity index is 308. The van der Waals surface area contributed by atoms with Gasteiger partial charge in [-0.25, -0.2) is 0 Å². The predicted molar refractivity (Wildman–Crippen MR) is 83.3 cm³/mol. The van der Waals surface area contributed by atoms with Gasteiger partial charge in [-0.05, 0) is 56.0 Å². The van der Waals surface area contributed by atoms with Crippen LogP contribution in [-0.4, -0.2) is 37.6 Å². The minimum absolute atomic E-state index is 0.473. The van der Waals surface area contributed by atoms with E-state index in [-0.39, 0.29) is 0 Å². The van der Waals surface area contributed by atoms with Crippen LogP contribution in [0.2, 0.25) is 0 Å². The minimum Gasteiger partial charge on any atom is -0.311 e. The van der Waals surface area contributed by atoms with E-state index in [2.05, 4.69) is 58.9 Å². The van der Waals surface area contributed by atoms with Crippen LogP contribution in [0.1, 0.15) is 53.9 Å². The Kier molecular flexibility index (Phi) is 4.06. The van der Waals surface area contributed by atoms with Crippen molar-refractivity contribution in [3.63, 3.8) is 0 Å². The molecule has 1 N–H and O–H groups in total. The van der Waals surface area contributed by atoms with Crippen LogP contribution in [0, 0.1) is 22.7 Å². The lowest BCUT2D eigenvalue weighted by Crippen LogP contribution is -2.54. The van der Waals surface area contributed by atoms with Crippen molar-refractivity contribution in [3.05, 3.63) is 0 Å². The van der Waals surface area contributed by atoms with Gasteiger partial charge in [0.15, 0.2) is 0 Å². The van der Waals surface area contributed by atoms with E-state index < -0.39 is 0 Å². The van der Waals surface area contributed by atoms with E-state index >= 15 is 0 Å². The molecule has 0 aromatic carbocycles. The summed E-state index contributed by atoms with van der Waals surface area (Å²) in [5.74, 6) is 1.64. The molecule has 4 unspecified atom stereocenters. The first-order valence-corrected chi connectivity index (χ1v) is 8.08. The maximum Gasteiger partial charge on any atom is 0.0237 e. The van der Waals surface area contributed by atoms with Gasteiger partial charge in [-0.1, -0.05) is 34.6 Å². The average Bonchev–Trinajstić information content (AvgIpc) is 2.73. The van der Waals surface area contributed by atoms with Crippen LogP contribution in [0.3, 0.4) is 0 Å². The molecule has 112 valence electrons. The highest BCUT2D eigenvalue weighted by molar-refractivity contribution is 5.12. The molecular weight excluding hydrogens is 232 g/mol. The van der Waals surface area contributed by atoms with Gasteiger partial charge in [0.05, 0.1) is 0 Å². The first-order chi connectivity index (χ1) is 8.68. The Hall–Kier alpha value is -0.0800. The highest BCUT2D eigenvalue weighted by Gasteiger charge is 2.58. The number of nitrogens with zero attached hydrogens (tertiary/aromatic N) is 1. The molecule has 0 heterocycles. The van der Waals surface area contributed by atoms with Crippen LogP contribution >= 0.6 is 0 Å². The summed E-state index contributed by atoms with van der Waals surface area (Å²) in [6.07, 6.45) is 4.31. The van der Waals surface area contributed by atoms with Gasteiger partial charge in [0.2, 0.25) is 0 Å². The highest BCUT2D eigenvalue weighted by Crippen LogP contribution is 2.62. The largest absolute Gasteiger partial charge is 0.311 e. The summed E-state index contributed by atoms with van der Waals surface area (Å²) >= 11 is 0. The van der Waals surface area contributed by atoms with Crippen LogP contribution < -0.4 is 5.32 Å². The van der Waals surface area contributed by atoms with Gasteiger partial charge in [-0.2, -0.15) is 0 Å². The first-order valence-electron chi connectivity index (χ1n) is 8.08. The van der Waals surface area contributed by atoms with Crippen molar-refractivity contribution < 1.29 is 0 Å². The van der Waals surface area contributed by atoms with Crippen molar-refractivity contribution in [3.8, 4) is 0 Å². The lowest BCUT2D eigenvalue weighted by molar-refractivity contribution is 0.0966.